The average molecular weight is 361 g/mol. The van der Waals surface area contributed by atoms with Crippen LogP contribution in [0, 0.1) is 20.8 Å². The Morgan fingerprint density at radius 2 is 1.79 bits per heavy atom. The molecule has 102 valence electrons. The summed E-state index contributed by atoms with van der Waals surface area (Å²) < 4.78 is 28.1. The lowest BCUT2D eigenvalue weighted by Crippen LogP contribution is -2.11. The van der Waals surface area contributed by atoms with Crippen molar-refractivity contribution in [2.24, 2.45) is 0 Å². The van der Waals surface area contributed by atoms with Crippen molar-refractivity contribution in [1.82, 2.24) is 4.98 Å². The lowest BCUT2D eigenvalue weighted by Gasteiger charge is -2.10. The van der Waals surface area contributed by atoms with Crippen molar-refractivity contribution in [3.8, 4) is 0 Å². The van der Waals surface area contributed by atoms with Gasteiger partial charge in [-0.1, -0.05) is 15.9 Å². The van der Waals surface area contributed by atoms with Gasteiger partial charge in [0.15, 0.2) is 4.21 Å². The monoisotopic (exact) mass is 360 g/mol. The van der Waals surface area contributed by atoms with Crippen LogP contribution in [0.25, 0.3) is 0 Å². The fourth-order valence-corrected chi connectivity index (χ4v) is 4.05. The first-order chi connectivity index (χ1) is 8.79. The van der Waals surface area contributed by atoms with Gasteiger partial charge in [-0.15, -0.1) is 11.3 Å². The summed E-state index contributed by atoms with van der Waals surface area (Å²) in [6.45, 7) is 5.62. The van der Waals surface area contributed by atoms with E-state index in [1.165, 1.54) is 6.20 Å². The highest BCUT2D eigenvalue weighted by molar-refractivity contribution is 9.10. The van der Waals surface area contributed by atoms with E-state index in [0.717, 1.165) is 31.9 Å². The first-order valence-electron chi connectivity index (χ1n) is 5.51. The zero-order valence-electron chi connectivity index (χ0n) is 10.7. The maximum Gasteiger partial charge on any atom is 0.273 e. The summed E-state index contributed by atoms with van der Waals surface area (Å²) >= 11 is 4.61. The molecule has 4 nitrogen and oxygen atoms in total. The van der Waals surface area contributed by atoms with Gasteiger partial charge in [0.1, 0.15) is 0 Å². The Hall–Kier alpha value is -0.920. The van der Waals surface area contributed by atoms with Crippen LogP contribution in [0.2, 0.25) is 0 Å². The molecule has 1 N–H and O–H groups in total. The number of halogens is 1. The van der Waals surface area contributed by atoms with Gasteiger partial charge in [0.2, 0.25) is 0 Å². The van der Waals surface area contributed by atoms with Gasteiger partial charge in [-0.2, -0.15) is 0 Å². The lowest BCUT2D eigenvalue weighted by atomic mass is 10.1. The van der Waals surface area contributed by atoms with Gasteiger partial charge in [0.05, 0.1) is 11.2 Å². The number of anilines is 1. The highest BCUT2D eigenvalue weighted by Gasteiger charge is 2.17. The maximum atomic E-state index is 12.2. The third-order valence-corrected chi connectivity index (χ3v) is 6.56. The van der Waals surface area contributed by atoms with Gasteiger partial charge in [0.25, 0.3) is 10.0 Å². The molecule has 0 aliphatic carbocycles. The minimum atomic E-state index is -3.55. The molecular weight excluding hydrogens is 348 g/mol. The van der Waals surface area contributed by atoms with Crippen molar-refractivity contribution in [3.63, 3.8) is 0 Å². The Bertz CT molecular complexity index is 700. The molecule has 7 heteroatoms. The largest absolute Gasteiger partial charge is 0.279 e. The van der Waals surface area contributed by atoms with E-state index in [4.69, 9.17) is 0 Å². The van der Waals surface area contributed by atoms with E-state index in [0.29, 0.717) is 5.69 Å². The normalized spacial score (nSPS) is 11.6. The average Bonchev–Trinajstić information content (AvgIpc) is 2.73. The van der Waals surface area contributed by atoms with Crippen LogP contribution in [0.4, 0.5) is 5.69 Å². The molecule has 1 aromatic heterocycles. The highest BCUT2D eigenvalue weighted by atomic mass is 79.9. The summed E-state index contributed by atoms with van der Waals surface area (Å²) in [5.41, 5.74) is 2.53. The van der Waals surface area contributed by atoms with Gasteiger partial charge in [-0.05, 0) is 44.0 Å². The molecule has 1 aromatic carbocycles. The van der Waals surface area contributed by atoms with Gasteiger partial charge in [0, 0.05) is 10.2 Å². The molecule has 0 bridgehead atoms. The Morgan fingerprint density at radius 1 is 1.21 bits per heavy atom. The smallest absolute Gasteiger partial charge is 0.273 e. The third kappa shape index (κ3) is 3.16. The molecule has 2 rings (SSSR count). The second kappa shape index (κ2) is 5.22. The molecule has 0 fully saturated rings. The summed E-state index contributed by atoms with van der Waals surface area (Å²) in [5, 5.41) is 0.726. The van der Waals surface area contributed by atoms with Crippen LogP contribution in [0.3, 0.4) is 0 Å². The minimum absolute atomic E-state index is 0.225. The van der Waals surface area contributed by atoms with E-state index in [1.54, 1.807) is 19.1 Å². The molecule has 0 aliphatic rings. The molecule has 0 aliphatic heterocycles. The molecule has 0 radical (unpaired) electrons. The summed E-state index contributed by atoms with van der Waals surface area (Å²) in [5.74, 6) is 0. The van der Waals surface area contributed by atoms with E-state index in [2.05, 4.69) is 25.6 Å². The molecule has 0 amide bonds. The molecule has 0 unspecified atom stereocenters. The Labute approximate surface area is 125 Å². The topological polar surface area (TPSA) is 59.1 Å². The molecule has 0 saturated carbocycles. The van der Waals surface area contributed by atoms with Crippen LogP contribution >= 0.6 is 27.3 Å². The number of hydrogen-bond acceptors (Lipinski definition) is 4. The maximum absolute atomic E-state index is 12.2. The number of thiazole rings is 1. The van der Waals surface area contributed by atoms with Crippen LogP contribution in [0.5, 0.6) is 0 Å². The van der Waals surface area contributed by atoms with E-state index in [9.17, 15) is 8.42 Å². The predicted molar refractivity (Wildman–Crippen MR) is 81.3 cm³/mol. The summed E-state index contributed by atoms with van der Waals surface area (Å²) in [6, 6.07) is 3.59. The lowest BCUT2D eigenvalue weighted by molar-refractivity contribution is 0.603. The molecular formula is C12H13BrN2O2S2. The zero-order valence-corrected chi connectivity index (χ0v) is 13.9. The first-order valence-corrected chi connectivity index (χ1v) is 8.61. The van der Waals surface area contributed by atoms with E-state index in [-0.39, 0.29) is 4.21 Å². The van der Waals surface area contributed by atoms with Crippen molar-refractivity contribution in [3.05, 3.63) is 38.9 Å². The number of benzene rings is 1. The number of nitrogens with one attached hydrogen (secondary N) is 1. The van der Waals surface area contributed by atoms with Crippen molar-refractivity contribution in [2.45, 2.75) is 25.0 Å². The SMILES string of the molecule is Cc1ncc(S(=O)(=O)Nc2cc(C)c(Br)c(C)c2)s1. The molecule has 19 heavy (non-hydrogen) atoms. The third-order valence-electron chi connectivity index (χ3n) is 2.55. The molecule has 1 heterocycles. The van der Waals surface area contributed by atoms with Crippen LogP contribution < -0.4 is 4.72 Å². The van der Waals surface area contributed by atoms with Gasteiger partial charge < -0.3 is 0 Å². The van der Waals surface area contributed by atoms with Crippen LogP contribution in [0.15, 0.2) is 27.0 Å². The highest BCUT2D eigenvalue weighted by Crippen LogP contribution is 2.27. The summed E-state index contributed by atoms with van der Waals surface area (Å²) in [7, 11) is -3.55. The van der Waals surface area contributed by atoms with Crippen LogP contribution in [-0.4, -0.2) is 13.4 Å². The van der Waals surface area contributed by atoms with E-state index in [1.807, 2.05) is 13.8 Å². The van der Waals surface area contributed by atoms with Crippen molar-refractivity contribution in [1.29, 1.82) is 0 Å². The molecule has 2 aromatic rings. The molecule has 0 saturated heterocycles. The Balaban J connectivity index is 2.36. The molecule has 0 atom stereocenters. The number of rotatable bonds is 3. The van der Waals surface area contributed by atoms with E-state index >= 15 is 0 Å². The van der Waals surface area contributed by atoms with Crippen molar-refractivity contribution >= 4 is 43.0 Å². The quantitative estimate of drug-likeness (QED) is 0.908. The predicted octanol–water partition coefficient (Wildman–Crippen LogP) is 3.63. The Kier molecular flexibility index (Phi) is 3.98. The fourth-order valence-electron chi connectivity index (χ4n) is 1.68. The van der Waals surface area contributed by atoms with E-state index < -0.39 is 10.0 Å². The zero-order chi connectivity index (χ0) is 14.2. The number of sulfonamides is 1. The Morgan fingerprint density at radius 3 is 2.26 bits per heavy atom. The number of hydrogen-bond donors (Lipinski definition) is 1. The van der Waals surface area contributed by atoms with Crippen LogP contribution in [0.1, 0.15) is 16.1 Å². The van der Waals surface area contributed by atoms with Crippen LogP contribution in [-0.2, 0) is 10.0 Å². The second-order valence-electron chi connectivity index (χ2n) is 4.23. The van der Waals surface area contributed by atoms with Crippen molar-refractivity contribution in [2.75, 3.05) is 4.72 Å². The molecule has 0 spiro atoms. The number of aromatic nitrogens is 1. The standard InChI is InChI=1S/C12H13BrN2O2S2/c1-7-4-10(5-8(2)12(7)13)15-19(16,17)11-6-14-9(3)18-11/h4-6,15H,1-3H3. The van der Waals surface area contributed by atoms with Crippen molar-refractivity contribution < 1.29 is 8.42 Å². The van der Waals surface area contributed by atoms with Gasteiger partial charge in [-0.25, -0.2) is 13.4 Å². The number of aryl methyl sites for hydroxylation is 3. The fraction of sp³-hybridized carbons (Fsp3) is 0.250. The van der Waals surface area contributed by atoms with Gasteiger partial charge in [-0.3, -0.25) is 4.72 Å². The second-order valence-corrected chi connectivity index (χ2v) is 8.16. The summed E-state index contributed by atoms with van der Waals surface area (Å²) in [4.78, 5) is 3.97. The first kappa shape index (κ1) is 14.5. The number of nitrogens with zero attached hydrogens (tertiary/aromatic N) is 1. The van der Waals surface area contributed by atoms with Gasteiger partial charge >= 0.3 is 0 Å². The minimum Gasteiger partial charge on any atom is -0.279 e. The summed E-state index contributed by atoms with van der Waals surface area (Å²) in [6.07, 6.45) is 1.38.